The van der Waals surface area contributed by atoms with Gasteiger partial charge in [0.15, 0.2) is 5.83 Å². The molecule has 45 heavy (non-hydrogen) atoms. The van der Waals surface area contributed by atoms with Gasteiger partial charge in [-0.1, -0.05) is 42.4 Å². The number of aromatic nitrogens is 2. The van der Waals surface area contributed by atoms with E-state index in [0.29, 0.717) is 55.7 Å². The smallest absolute Gasteiger partial charge is 0.318 e. The molecule has 0 bridgehead atoms. The quantitative estimate of drug-likeness (QED) is 0.244. The third-order valence-corrected chi connectivity index (χ3v) is 9.78. The lowest BCUT2D eigenvalue weighted by atomic mass is 10.0. The minimum absolute atomic E-state index is 0.0660. The highest BCUT2D eigenvalue weighted by Crippen LogP contribution is 2.37. The Morgan fingerprint density at radius 2 is 1.96 bits per heavy atom. The van der Waals surface area contributed by atoms with E-state index in [-0.39, 0.29) is 13.1 Å². The summed E-state index contributed by atoms with van der Waals surface area (Å²) < 4.78 is 20.2. The number of rotatable bonds is 8. The standard InChI is InChI=1S/C34H39ClFN7O2/c1-22(36)33(44)43-16-15-42(19-26(43)18-37-2)32-27-13-14-41(30-10-6-8-24-7-5-9-28(35)31(24)30)20-29(27)38-34(39-32)45-21-23-11-12-25(17-23)40(3)4/h5-10,23,25-26H,1,11-21H2,3-4H3/t23-,25+,26-/m0/s1. The molecular weight excluding hydrogens is 593 g/mol. The van der Waals surface area contributed by atoms with Crippen molar-refractivity contribution in [1.82, 2.24) is 19.8 Å². The first-order valence-corrected chi connectivity index (χ1v) is 16.0. The van der Waals surface area contributed by atoms with Crippen LogP contribution in [-0.2, 0) is 17.8 Å². The molecule has 1 aromatic heterocycles. The highest BCUT2D eigenvalue weighted by atomic mass is 35.5. The lowest BCUT2D eigenvalue weighted by Gasteiger charge is -2.41. The fourth-order valence-corrected chi connectivity index (χ4v) is 7.33. The Bertz CT molecular complexity index is 1640. The Balaban J connectivity index is 1.32. The summed E-state index contributed by atoms with van der Waals surface area (Å²) in [7, 11) is 4.25. The number of anilines is 2. The molecule has 2 fully saturated rings. The van der Waals surface area contributed by atoms with Gasteiger partial charge >= 0.3 is 6.01 Å². The molecule has 9 nitrogen and oxygen atoms in total. The van der Waals surface area contributed by atoms with Crippen LogP contribution in [0.2, 0.25) is 5.02 Å². The zero-order valence-corrected chi connectivity index (χ0v) is 26.6. The molecule has 1 amide bonds. The summed E-state index contributed by atoms with van der Waals surface area (Å²) >= 11 is 6.70. The van der Waals surface area contributed by atoms with Crippen molar-refractivity contribution in [2.75, 3.05) is 63.2 Å². The summed E-state index contributed by atoms with van der Waals surface area (Å²) in [5.41, 5.74) is 2.98. The van der Waals surface area contributed by atoms with Crippen LogP contribution in [0.5, 0.6) is 6.01 Å². The zero-order chi connectivity index (χ0) is 31.7. The maximum Gasteiger partial charge on any atom is 0.318 e. The van der Waals surface area contributed by atoms with Crippen LogP contribution in [-0.4, -0.2) is 91.2 Å². The first-order valence-electron chi connectivity index (χ1n) is 15.6. The largest absolute Gasteiger partial charge is 0.463 e. The molecule has 0 N–H and O–H groups in total. The van der Waals surface area contributed by atoms with Gasteiger partial charge in [0.25, 0.3) is 5.91 Å². The summed E-state index contributed by atoms with van der Waals surface area (Å²) in [5.74, 6) is -0.565. The molecule has 1 saturated heterocycles. The second-order valence-electron chi connectivity index (χ2n) is 12.5. The van der Waals surface area contributed by atoms with Gasteiger partial charge in [-0.25, -0.2) is 11.0 Å². The van der Waals surface area contributed by atoms with Crippen molar-refractivity contribution in [3.63, 3.8) is 0 Å². The number of halogens is 2. The van der Waals surface area contributed by atoms with E-state index < -0.39 is 17.8 Å². The van der Waals surface area contributed by atoms with E-state index in [9.17, 15) is 9.18 Å². The summed E-state index contributed by atoms with van der Waals surface area (Å²) in [4.78, 5) is 34.1. The van der Waals surface area contributed by atoms with E-state index in [2.05, 4.69) is 64.5 Å². The third-order valence-electron chi connectivity index (χ3n) is 9.46. The molecule has 3 heterocycles. The molecule has 236 valence electrons. The predicted molar refractivity (Wildman–Crippen MR) is 175 cm³/mol. The summed E-state index contributed by atoms with van der Waals surface area (Å²) in [5, 5.41) is 2.81. The molecule has 1 aliphatic carbocycles. The van der Waals surface area contributed by atoms with Gasteiger partial charge < -0.3 is 29.2 Å². The van der Waals surface area contributed by atoms with Gasteiger partial charge in [0.2, 0.25) is 6.54 Å². The second-order valence-corrected chi connectivity index (χ2v) is 12.9. The average Bonchev–Trinajstić information content (AvgIpc) is 3.52. The van der Waals surface area contributed by atoms with Crippen molar-refractivity contribution in [3.8, 4) is 6.01 Å². The number of amides is 1. The first-order chi connectivity index (χ1) is 21.7. The molecule has 2 aromatic carbocycles. The normalized spacial score (nSPS) is 21.6. The lowest BCUT2D eigenvalue weighted by molar-refractivity contribution is -0.131. The predicted octanol–water partition coefficient (Wildman–Crippen LogP) is 5.37. The van der Waals surface area contributed by atoms with Crippen molar-refractivity contribution in [2.24, 2.45) is 5.92 Å². The second kappa shape index (κ2) is 13.2. The van der Waals surface area contributed by atoms with E-state index in [1.165, 1.54) is 4.90 Å². The van der Waals surface area contributed by atoms with Crippen LogP contribution in [0.1, 0.15) is 30.5 Å². The topological polar surface area (TPSA) is 69.4 Å². The van der Waals surface area contributed by atoms with Crippen molar-refractivity contribution in [2.45, 2.75) is 44.3 Å². The average molecular weight is 632 g/mol. The monoisotopic (exact) mass is 631 g/mol. The van der Waals surface area contributed by atoms with E-state index in [1.54, 1.807) is 0 Å². The van der Waals surface area contributed by atoms with Gasteiger partial charge in [0, 0.05) is 48.9 Å². The number of nitrogens with zero attached hydrogens (tertiary/aromatic N) is 7. The van der Waals surface area contributed by atoms with E-state index in [4.69, 9.17) is 32.9 Å². The van der Waals surface area contributed by atoms with Crippen LogP contribution in [0.4, 0.5) is 15.9 Å². The maximum absolute atomic E-state index is 13.8. The minimum atomic E-state index is -1.01. The van der Waals surface area contributed by atoms with Gasteiger partial charge in [-0.15, -0.1) is 0 Å². The van der Waals surface area contributed by atoms with E-state index in [0.717, 1.165) is 59.3 Å². The number of hydrogen-bond acceptors (Lipinski definition) is 7. The van der Waals surface area contributed by atoms with Gasteiger partial charge in [-0.05, 0) is 63.2 Å². The Kier molecular flexibility index (Phi) is 9.11. The van der Waals surface area contributed by atoms with Crippen molar-refractivity contribution >= 4 is 39.8 Å². The highest BCUT2D eigenvalue weighted by Gasteiger charge is 2.36. The van der Waals surface area contributed by atoms with Gasteiger partial charge in [-0.2, -0.15) is 9.97 Å². The molecule has 2 aliphatic heterocycles. The number of hydrogen-bond donors (Lipinski definition) is 0. The van der Waals surface area contributed by atoms with Crippen LogP contribution in [0.3, 0.4) is 0 Å². The molecule has 0 unspecified atom stereocenters. The van der Waals surface area contributed by atoms with E-state index >= 15 is 0 Å². The summed E-state index contributed by atoms with van der Waals surface area (Å²) in [6.07, 6.45) is 4.03. The van der Waals surface area contributed by atoms with Crippen molar-refractivity contribution < 1.29 is 13.9 Å². The maximum atomic E-state index is 13.8. The minimum Gasteiger partial charge on any atom is -0.463 e. The van der Waals surface area contributed by atoms with Crippen LogP contribution in [0, 0.1) is 12.5 Å². The van der Waals surface area contributed by atoms with Gasteiger partial charge in [0.1, 0.15) is 11.9 Å². The lowest BCUT2D eigenvalue weighted by Crippen LogP contribution is -2.57. The SMILES string of the molecule is [C-]#[N+]C[C@H]1CN(c2nc(OC[C@H]3CC[C@@H](N(C)C)C3)nc3c2CCN(c2cccc4cccc(Cl)c24)C3)CCN1C(=O)C(=C)F. The van der Waals surface area contributed by atoms with Crippen LogP contribution in [0.25, 0.3) is 15.6 Å². The van der Waals surface area contributed by atoms with Gasteiger partial charge in [0.05, 0.1) is 23.9 Å². The number of fused-ring (bicyclic) bond motifs is 2. The molecule has 3 atom stereocenters. The molecule has 6 rings (SSSR count). The summed E-state index contributed by atoms with van der Waals surface area (Å²) in [6, 6.07) is 12.6. The Morgan fingerprint density at radius 3 is 2.69 bits per heavy atom. The molecule has 0 spiro atoms. The molecule has 3 aromatic rings. The highest BCUT2D eigenvalue weighted by molar-refractivity contribution is 6.36. The molecule has 3 aliphatic rings. The van der Waals surface area contributed by atoms with Gasteiger partial charge in [-0.3, -0.25) is 4.79 Å². The molecule has 11 heteroatoms. The number of carbonyl (C=O) groups is 1. The molecular formula is C34H39ClFN7O2. The van der Waals surface area contributed by atoms with Crippen molar-refractivity contribution in [1.29, 1.82) is 0 Å². The number of benzene rings is 2. The van der Waals surface area contributed by atoms with Crippen LogP contribution in [0.15, 0.2) is 48.8 Å². The molecule has 1 saturated carbocycles. The van der Waals surface area contributed by atoms with E-state index in [1.807, 2.05) is 12.1 Å². The number of carbonyl (C=O) groups excluding carboxylic acids is 1. The zero-order valence-electron chi connectivity index (χ0n) is 25.9. The van der Waals surface area contributed by atoms with Crippen LogP contribution < -0.4 is 14.5 Å². The third kappa shape index (κ3) is 6.42. The first kappa shape index (κ1) is 31.1. The Labute approximate surface area is 269 Å². The Hall–Kier alpha value is -3.94. The molecule has 0 radical (unpaired) electrons. The fourth-order valence-electron chi connectivity index (χ4n) is 7.05. The summed E-state index contributed by atoms with van der Waals surface area (Å²) in [6.45, 7) is 13.7. The Morgan fingerprint density at radius 1 is 1.16 bits per heavy atom. The fraction of sp³-hybridized carbons (Fsp3) is 0.471. The number of ether oxygens (including phenoxy) is 1. The van der Waals surface area contributed by atoms with Crippen LogP contribution >= 0.6 is 11.6 Å². The number of piperazine rings is 1. The van der Waals surface area contributed by atoms with Crippen molar-refractivity contribution in [3.05, 3.63) is 76.5 Å².